The van der Waals surface area contributed by atoms with Crippen LogP contribution in [0.4, 0.5) is 0 Å². The minimum Gasteiger partial charge on any atom is -0.480 e. The van der Waals surface area contributed by atoms with Crippen LogP contribution in [0.3, 0.4) is 0 Å². The molecule has 0 aliphatic carbocycles. The standard InChI is InChI=1S/C14H23N3O2/c1-2-7-17-11-15-9-12(17)10-16-8-5-3-4-6-13(16)14(18)19/h9,11,13H,2-8,10H2,1H3,(H,18,19). The molecule has 0 spiro atoms. The second-order valence-electron chi connectivity index (χ2n) is 5.25. The summed E-state index contributed by atoms with van der Waals surface area (Å²) in [4.78, 5) is 17.7. The van der Waals surface area contributed by atoms with Crippen molar-refractivity contribution in [1.29, 1.82) is 0 Å². The molecule has 1 atom stereocenters. The zero-order chi connectivity index (χ0) is 13.7. The van der Waals surface area contributed by atoms with Crippen LogP contribution >= 0.6 is 0 Å². The van der Waals surface area contributed by atoms with Crippen LogP contribution in [-0.2, 0) is 17.9 Å². The molecular formula is C14H23N3O2. The van der Waals surface area contributed by atoms with E-state index in [1.54, 1.807) is 0 Å². The Bertz CT molecular complexity index is 417. The first-order valence-electron chi connectivity index (χ1n) is 7.18. The second kappa shape index (κ2) is 6.70. The van der Waals surface area contributed by atoms with Gasteiger partial charge in [0, 0.05) is 19.3 Å². The fraction of sp³-hybridized carbons (Fsp3) is 0.714. The molecule has 5 heteroatoms. The number of carboxylic acid groups (broad SMARTS) is 1. The van der Waals surface area contributed by atoms with Gasteiger partial charge in [0.05, 0.1) is 12.0 Å². The molecule has 1 aromatic heterocycles. The van der Waals surface area contributed by atoms with Crippen LogP contribution in [0.2, 0.25) is 0 Å². The molecule has 0 bridgehead atoms. The van der Waals surface area contributed by atoms with E-state index in [0.717, 1.165) is 50.9 Å². The molecule has 0 radical (unpaired) electrons. The largest absolute Gasteiger partial charge is 0.480 e. The number of imidazole rings is 1. The maximum atomic E-state index is 11.4. The van der Waals surface area contributed by atoms with E-state index in [4.69, 9.17) is 0 Å². The molecule has 106 valence electrons. The third kappa shape index (κ3) is 3.56. The summed E-state index contributed by atoms with van der Waals surface area (Å²) < 4.78 is 2.13. The van der Waals surface area contributed by atoms with Crippen molar-refractivity contribution in [2.45, 2.75) is 58.2 Å². The molecule has 2 heterocycles. The van der Waals surface area contributed by atoms with Crippen molar-refractivity contribution < 1.29 is 9.90 Å². The van der Waals surface area contributed by atoms with Gasteiger partial charge in [0.15, 0.2) is 0 Å². The lowest BCUT2D eigenvalue weighted by Gasteiger charge is -2.26. The first-order valence-corrected chi connectivity index (χ1v) is 7.18. The van der Waals surface area contributed by atoms with Gasteiger partial charge in [-0.05, 0) is 25.8 Å². The van der Waals surface area contributed by atoms with E-state index in [2.05, 4.69) is 21.4 Å². The number of carboxylic acids is 1. The van der Waals surface area contributed by atoms with Crippen molar-refractivity contribution in [2.24, 2.45) is 0 Å². The van der Waals surface area contributed by atoms with Crippen molar-refractivity contribution in [3.8, 4) is 0 Å². The van der Waals surface area contributed by atoms with Crippen LogP contribution in [0.15, 0.2) is 12.5 Å². The summed E-state index contributed by atoms with van der Waals surface area (Å²) in [5, 5.41) is 9.37. The van der Waals surface area contributed by atoms with E-state index in [9.17, 15) is 9.90 Å². The number of nitrogens with zero attached hydrogens (tertiary/aromatic N) is 3. The number of rotatable bonds is 5. The summed E-state index contributed by atoms with van der Waals surface area (Å²) in [5.74, 6) is -0.691. The van der Waals surface area contributed by atoms with Crippen LogP contribution in [0.25, 0.3) is 0 Å². The van der Waals surface area contributed by atoms with Gasteiger partial charge in [0.1, 0.15) is 6.04 Å². The van der Waals surface area contributed by atoms with Gasteiger partial charge in [-0.2, -0.15) is 0 Å². The van der Waals surface area contributed by atoms with Gasteiger partial charge in [-0.3, -0.25) is 9.69 Å². The monoisotopic (exact) mass is 265 g/mol. The first-order chi connectivity index (χ1) is 9.22. The molecule has 1 aliphatic heterocycles. The SMILES string of the molecule is CCCn1cncc1CN1CCCCCC1C(=O)O. The van der Waals surface area contributed by atoms with Crippen molar-refractivity contribution in [3.63, 3.8) is 0 Å². The van der Waals surface area contributed by atoms with Crippen LogP contribution in [0.5, 0.6) is 0 Å². The van der Waals surface area contributed by atoms with E-state index in [-0.39, 0.29) is 6.04 Å². The summed E-state index contributed by atoms with van der Waals surface area (Å²) in [7, 11) is 0. The molecular weight excluding hydrogens is 242 g/mol. The molecule has 1 fully saturated rings. The maximum Gasteiger partial charge on any atom is 0.320 e. The minimum atomic E-state index is -0.691. The smallest absolute Gasteiger partial charge is 0.320 e. The number of aromatic nitrogens is 2. The van der Waals surface area contributed by atoms with Gasteiger partial charge in [-0.15, -0.1) is 0 Å². The van der Waals surface area contributed by atoms with Gasteiger partial charge in [-0.1, -0.05) is 19.8 Å². The van der Waals surface area contributed by atoms with Crippen LogP contribution in [-0.4, -0.2) is 38.1 Å². The lowest BCUT2D eigenvalue weighted by atomic mass is 10.1. The number of aryl methyl sites for hydroxylation is 1. The molecule has 0 aromatic carbocycles. The average Bonchev–Trinajstić information content (AvgIpc) is 2.67. The Hall–Kier alpha value is -1.36. The maximum absolute atomic E-state index is 11.4. The summed E-state index contributed by atoms with van der Waals surface area (Å²) in [6.45, 7) is 4.64. The van der Waals surface area contributed by atoms with Crippen molar-refractivity contribution in [1.82, 2.24) is 14.5 Å². The summed E-state index contributed by atoms with van der Waals surface area (Å²) in [5.41, 5.74) is 1.12. The molecule has 0 amide bonds. The molecule has 5 nitrogen and oxygen atoms in total. The lowest BCUT2D eigenvalue weighted by molar-refractivity contribution is -0.143. The Kier molecular flexibility index (Phi) is 4.96. The van der Waals surface area contributed by atoms with Crippen LogP contribution < -0.4 is 0 Å². The quantitative estimate of drug-likeness (QED) is 0.886. The molecule has 1 aromatic rings. The van der Waals surface area contributed by atoms with Gasteiger partial charge >= 0.3 is 5.97 Å². The average molecular weight is 265 g/mol. The molecule has 1 N–H and O–H groups in total. The molecule has 0 saturated carbocycles. The van der Waals surface area contributed by atoms with Gasteiger partial charge in [0.25, 0.3) is 0 Å². The van der Waals surface area contributed by atoms with Gasteiger partial charge < -0.3 is 9.67 Å². The Labute approximate surface area is 114 Å². The number of hydrogen-bond donors (Lipinski definition) is 1. The normalized spacial score (nSPS) is 21.2. The summed E-state index contributed by atoms with van der Waals surface area (Å²) in [6, 6.07) is -0.340. The van der Waals surface area contributed by atoms with E-state index in [0.29, 0.717) is 6.54 Å². The van der Waals surface area contributed by atoms with Crippen molar-refractivity contribution in [2.75, 3.05) is 6.54 Å². The minimum absolute atomic E-state index is 0.340. The highest BCUT2D eigenvalue weighted by atomic mass is 16.4. The topological polar surface area (TPSA) is 58.4 Å². The third-order valence-electron chi connectivity index (χ3n) is 3.78. The van der Waals surface area contributed by atoms with Gasteiger partial charge in [0.2, 0.25) is 0 Å². The Morgan fingerprint density at radius 2 is 2.32 bits per heavy atom. The second-order valence-corrected chi connectivity index (χ2v) is 5.25. The number of hydrogen-bond acceptors (Lipinski definition) is 3. The van der Waals surface area contributed by atoms with E-state index < -0.39 is 5.97 Å². The molecule has 1 aliphatic rings. The summed E-state index contributed by atoms with van der Waals surface area (Å²) >= 11 is 0. The van der Waals surface area contributed by atoms with Crippen LogP contribution in [0, 0.1) is 0 Å². The van der Waals surface area contributed by atoms with Crippen molar-refractivity contribution in [3.05, 3.63) is 18.2 Å². The lowest BCUT2D eigenvalue weighted by Crippen LogP contribution is -2.40. The van der Waals surface area contributed by atoms with E-state index in [1.165, 1.54) is 0 Å². The Morgan fingerprint density at radius 1 is 1.47 bits per heavy atom. The number of likely N-dealkylation sites (tertiary alicyclic amines) is 1. The highest BCUT2D eigenvalue weighted by Crippen LogP contribution is 2.19. The fourth-order valence-corrected chi connectivity index (χ4v) is 2.77. The highest BCUT2D eigenvalue weighted by molar-refractivity contribution is 5.73. The van der Waals surface area contributed by atoms with E-state index in [1.807, 2.05) is 12.5 Å². The molecule has 1 saturated heterocycles. The summed E-state index contributed by atoms with van der Waals surface area (Å²) in [6.07, 6.45) is 8.76. The predicted molar refractivity (Wildman–Crippen MR) is 72.8 cm³/mol. The third-order valence-corrected chi connectivity index (χ3v) is 3.78. The zero-order valence-corrected chi connectivity index (χ0v) is 11.6. The van der Waals surface area contributed by atoms with Crippen molar-refractivity contribution >= 4 is 5.97 Å². The Balaban J connectivity index is 2.09. The fourth-order valence-electron chi connectivity index (χ4n) is 2.77. The van der Waals surface area contributed by atoms with E-state index >= 15 is 0 Å². The van der Waals surface area contributed by atoms with Crippen LogP contribution in [0.1, 0.15) is 44.7 Å². The van der Waals surface area contributed by atoms with Gasteiger partial charge in [-0.25, -0.2) is 4.98 Å². The first kappa shape index (κ1) is 14.1. The highest BCUT2D eigenvalue weighted by Gasteiger charge is 2.27. The number of aliphatic carboxylic acids is 1. The zero-order valence-electron chi connectivity index (χ0n) is 11.6. The Morgan fingerprint density at radius 3 is 3.05 bits per heavy atom. The molecule has 1 unspecified atom stereocenters. The number of carbonyl (C=O) groups is 1. The molecule has 2 rings (SSSR count). The molecule has 19 heavy (non-hydrogen) atoms. The predicted octanol–water partition coefficient (Wildman–Crippen LogP) is 2.12.